The van der Waals surface area contributed by atoms with Crippen molar-refractivity contribution in [1.82, 2.24) is 5.32 Å². The molecule has 0 aromatic heterocycles. The summed E-state index contributed by atoms with van der Waals surface area (Å²) in [5.41, 5.74) is 2.08. The molecule has 1 aromatic rings. The van der Waals surface area contributed by atoms with Crippen LogP contribution in [0.1, 0.15) is 24.0 Å². The fraction of sp³-hybridized carbons (Fsp3) is 0.385. The number of carbonyl (C=O) groups is 2. The minimum Gasteiger partial charge on any atom is -0.296 e. The van der Waals surface area contributed by atoms with Gasteiger partial charge in [0.2, 0.25) is 11.8 Å². The summed E-state index contributed by atoms with van der Waals surface area (Å²) in [6, 6.07) is 6.15. The normalized spacial score (nSPS) is 27.1. The van der Waals surface area contributed by atoms with E-state index in [-0.39, 0.29) is 17.2 Å². The average Bonchev–Trinajstić information content (AvgIpc) is 2.63. The van der Waals surface area contributed by atoms with Gasteiger partial charge in [0.15, 0.2) is 0 Å². The number of fused-ring (bicyclic) bond motifs is 1. The van der Waals surface area contributed by atoms with Gasteiger partial charge in [-0.1, -0.05) is 22.0 Å². The third-order valence-corrected chi connectivity index (χ3v) is 4.28. The highest BCUT2D eigenvalue weighted by Crippen LogP contribution is 2.43. The van der Waals surface area contributed by atoms with Gasteiger partial charge in [-0.25, -0.2) is 0 Å². The smallest absolute Gasteiger partial charge is 0.233 e. The van der Waals surface area contributed by atoms with E-state index in [1.165, 1.54) is 11.1 Å². The van der Waals surface area contributed by atoms with Crippen molar-refractivity contribution in [2.45, 2.75) is 25.7 Å². The zero-order valence-electron chi connectivity index (χ0n) is 9.25. The molecule has 1 atom stereocenters. The third-order valence-electron chi connectivity index (χ3n) is 3.79. The van der Waals surface area contributed by atoms with Gasteiger partial charge in [0.1, 0.15) is 0 Å². The van der Waals surface area contributed by atoms with E-state index in [0.29, 0.717) is 12.8 Å². The van der Waals surface area contributed by atoms with Gasteiger partial charge in [0.25, 0.3) is 0 Å². The molecule has 1 aliphatic heterocycles. The molecule has 1 N–H and O–H groups in total. The van der Waals surface area contributed by atoms with Gasteiger partial charge in [-0.3, -0.25) is 14.9 Å². The monoisotopic (exact) mass is 293 g/mol. The predicted octanol–water partition coefficient (Wildman–Crippen LogP) is 1.97. The lowest BCUT2D eigenvalue weighted by Crippen LogP contribution is -2.49. The molecule has 1 fully saturated rings. The first-order chi connectivity index (χ1) is 8.09. The number of imide groups is 1. The Morgan fingerprint density at radius 3 is 2.71 bits per heavy atom. The van der Waals surface area contributed by atoms with Crippen LogP contribution in [0.15, 0.2) is 22.7 Å². The molecule has 0 saturated carbocycles. The number of amides is 2. The summed E-state index contributed by atoms with van der Waals surface area (Å²) in [5.74, 6) is -0.237. The number of carbonyl (C=O) groups excluding carboxylic acids is 2. The molecule has 1 aliphatic carbocycles. The fourth-order valence-corrected chi connectivity index (χ4v) is 3.26. The minimum atomic E-state index is -0.378. The molecule has 3 rings (SSSR count). The zero-order chi connectivity index (χ0) is 12.0. The second-order valence-corrected chi connectivity index (χ2v) is 5.84. The maximum atomic E-state index is 12.0. The Balaban J connectivity index is 1.94. The lowest BCUT2D eigenvalue weighted by atomic mass is 9.77. The van der Waals surface area contributed by atoms with Crippen LogP contribution in [-0.4, -0.2) is 11.8 Å². The maximum Gasteiger partial charge on any atom is 0.233 e. The average molecular weight is 294 g/mol. The highest BCUT2D eigenvalue weighted by molar-refractivity contribution is 9.10. The highest BCUT2D eigenvalue weighted by Gasteiger charge is 2.46. The molecular formula is C13H12BrNO2. The molecular weight excluding hydrogens is 282 g/mol. The molecule has 4 heteroatoms. The molecule has 1 unspecified atom stereocenters. The standard InChI is InChI=1S/C13H12BrNO2/c14-10-2-1-8-6-13(7-9(8)5-10)4-3-11(16)15-12(13)17/h1-2,5H,3-4,6-7H2,(H,15,16,17). The van der Waals surface area contributed by atoms with Crippen LogP contribution in [0.2, 0.25) is 0 Å². The number of hydrogen-bond donors (Lipinski definition) is 1. The van der Waals surface area contributed by atoms with Gasteiger partial charge >= 0.3 is 0 Å². The molecule has 17 heavy (non-hydrogen) atoms. The second-order valence-electron chi connectivity index (χ2n) is 4.92. The van der Waals surface area contributed by atoms with Crippen molar-refractivity contribution >= 4 is 27.7 Å². The SMILES string of the molecule is O=C1CCC2(Cc3ccc(Br)cc3C2)C(=O)N1. The van der Waals surface area contributed by atoms with Crippen LogP contribution in [-0.2, 0) is 22.4 Å². The number of rotatable bonds is 0. The molecule has 1 heterocycles. The van der Waals surface area contributed by atoms with Crippen molar-refractivity contribution in [3.05, 3.63) is 33.8 Å². The van der Waals surface area contributed by atoms with Crippen molar-refractivity contribution in [1.29, 1.82) is 0 Å². The van der Waals surface area contributed by atoms with E-state index in [9.17, 15) is 9.59 Å². The molecule has 0 bridgehead atoms. The first kappa shape index (κ1) is 11.0. The molecule has 1 aromatic carbocycles. The number of halogens is 1. The van der Waals surface area contributed by atoms with Gasteiger partial charge in [0.05, 0.1) is 5.41 Å². The summed E-state index contributed by atoms with van der Waals surface area (Å²) in [6.07, 6.45) is 2.64. The molecule has 2 aliphatic rings. The van der Waals surface area contributed by atoms with E-state index in [0.717, 1.165) is 17.3 Å². The van der Waals surface area contributed by atoms with Crippen LogP contribution >= 0.6 is 15.9 Å². The number of piperidine rings is 1. The second kappa shape index (κ2) is 3.67. The molecule has 88 valence electrons. The highest BCUT2D eigenvalue weighted by atomic mass is 79.9. The van der Waals surface area contributed by atoms with Crippen molar-refractivity contribution in [2.24, 2.45) is 5.41 Å². The molecule has 3 nitrogen and oxygen atoms in total. The minimum absolute atomic E-state index is 0.0962. The number of hydrogen-bond acceptors (Lipinski definition) is 2. The van der Waals surface area contributed by atoms with Gasteiger partial charge in [-0.2, -0.15) is 0 Å². The zero-order valence-corrected chi connectivity index (χ0v) is 10.8. The molecule has 0 radical (unpaired) electrons. The van der Waals surface area contributed by atoms with Crippen LogP contribution in [0.4, 0.5) is 0 Å². The van der Waals surface area contributed by atoms with E-state index in [4.69, 9.17) is 0 Å². The fourth-order valence-electron chi connectivity index (χ4n) is 2.85. The van der Waals surface area contributed by atoms with Crippen LogP contribution in [0.5, 0.6) is 0 Å². The Labute approximate surface area is 108 Å². The maximum absolute atomic E-state index is 12.0. The van der Waals surface area contributed by atoms with E-state index in [1.807, 2.05) is 6.07 Å². The number of nitrogens with one attached hydrogen (secondary N) is 1. The van der Waals surface area contributed by atoms with E-state index >= 15 is 0 Å². The van der Waals surface area contributed by atoms with Crippen LogP contribution in [0, 0.1) is 5.41 Å². The van der Waals surface area contributed by atoms with Crippen LogP contribution < -0.4 is 5.32 Å². The Kier molecular flexibility index (Phi) is 2.36. The quantitative estimate of drug-likeness (QED) is 0.744. The van der Waals surface area contributed by atoms with Gasteiger partial charge in [0, 0.05) is 10.9 Å². The summed E-state index contributed by atoms with van der Waals surface area (Å²) < 4.78 is 1.04. The van der Waals surface area contributed by atoms with Gasteiger partial charge < -0.3 is 0 Å². The Morgan fingerprint density at radius 1 is 1.18 bits per heavy atom. The summed E-state index contributed by atoms with van der Waals surface area (Å²) in [5, 5.41) is 2.47. The van der Waals surface area contributed by atoms with Gasteiger partial charge in [-0.15, -0.1) is 0 Å². The van der Waals surface area contributed by atoms with Crippen molar-refractivity contribution < 1.29 is 9.59 Å². The first-order valence-corrected chi connectivity index (χ1v) is 6.50. The van der Waals surface area contributed by atoms with Crippen LogP contribution in [0.25, 0.3) is 0 Å². The molecule has 2 amide bonds. The summed E-state index contributed by atoms with van der Waals surface area (Å²) >= 11 is 3.45. The lowest BCUT2D eigenvalue weighted by Gasteiger charge is -2.30. The predicted molar refractivity (Wildman–Crippen MR) is 66.4 cm³/mol. The summed E-state index contributed by atoms with van der Waals surface area (Å²) in [6.45, 7) is 0. The Bertz CT molecular complexity index is 526. The van der Waals surface area contributed by atoms with E-state index < -0.39 is 0 Å². The topological polar surface area (TPSA) is 46.2 Å². The Hall–Kier alpha value is -1.16. The lowest BCUT2D eigenvalue weighted by molar-refractivity contribution is -0.141. The molecule has 1 spiro atoms. The summed E-state index contributed by atoms with van der Waals surface area (Å²) in [4.78, 5) is 23.2. The first-order valence-electron chi connectivity index (χ1n) is 5.71. The third kappa shape index (κ3) is 1.71. The number of benzene rings is 1. The van der Waals surface area contributed by atoms with Crippen molar-refractivity contribution in [3.63, 3.8) is 0 Å². The van der Waals surface area contributed by atoms with Crippen LogP contribution in [0.3, 0.4) is 0 Å². The molecule has 1 saturated heterocycles. The Morgan fingerprint density at radius 2 is 1.94 bits per heavy atom. The van der Waals surface area contributed by atoms with Crippen molar-refractivity contribution in [2.75, 3.05) is 0 Å². The summed E-state index contributed by atoms with van der Waals surface area (Å²) in [7, 11) is 0. The van der Waals surface area contributed by atoms with Crippen molar-refractivity contribution in [3.8, 4) is 0 Å². The van der Waals surface area contributed by atoms with E-state index in [1.54, 1.807) is 0 Å². The largest absolute Gasteiger partial charge is 0.296 e. The van der Waals surface area contributed by atoms with E-state index in [2.05, 4.69) is 33.4 Å². The van der Waals surface area contributed by atoms with Gasteiger partial charge in [-0.05, 0) is 42.5 Å².